The second-order valence-electron chi connectivity index (χ2n) is 6.67. The third-order valence-electron chi connectivity index (χ3n) is 4.58. The SMILES string of the molecule is CN(CC(=O)N(Cc1c(F)cccc1Cl)C1CC1)S(=O)(=O)c1ccc(Cl)cc1. The molecular weight excluding hydrogens is 426 g/mol. The molecule has 0 aromatic heterocycles. The van der Waals surface area contributed by atoms with Gasteiger partial charge in [-0.25, -0.2) is 12.8 Å². The Balaban J connectivity index is 1.76. The van der Waals surface area contributed by atoms with Crippen LogP contribution in [0.3, 0.4) is 0 Å². The summed E-state index contributed by atoms with van der Waals surface area (Å²) in [7, 11) is -2.52. The van der Waals surface area contributed by atoms with Crippen LogP contribution < -0.4 is 0 Å². The largest absolute Gasteiger partial charge is 0.334 e. The number of sulfonamides is 1. The van der Waals surface area contributed by atoms with Gasteiger partial charge in [0.1, 0.15) is 5.82 Å². The van der Waals surface area contributed by atoms with Crippen LogP contribution in [-0.2, 0) is 21.4 Å². The molecule has 1 saturated carbocycles. The maximum Gasteiger partial charge on any atom is 0.243 e. The number of carbonyl (C=O) groups is 1. The summed E-state index contributed by atoms with van der Waals surface area (Å²) in [5.74, 6) is -0.894. The molecule has 0 unspecified atom stereocenters. The molecule has 1 amide bonds. The van der Waals surface area contributed by atoms with Crippen LogP contribution in [0.1, 0.15) is 18.4 Å². The standard InChI is InChI=1S/C19H19Cl2FN2O3S/c1-23(28(26,27)15-9-5-13(20)6-10-15)12-19(25)24(14-7-8-14)11-16-17(21)3-2-4-18(16)22/h2-6,9-10,14H,7-8,11-12H2,1H3. The Bertz CT molecular complexity index is 959. The molecule has 3 rings (SSSR count). The Kier molecular flexibility index (Phi) is 6.29. The lowest BCUT2D eigenvalue weighted by Crippen LogP contribution is -2.42. The topological polar surface area (TPSA) is 57.7 Å². The smallest absolute Gasteiger partial charge is 0.243 e. The summed E-state index contributed by atoms with van der Waals surface area (Å²) in [6.45, 7) is -0.350. The van der Waals surface area contributed by atoms with Gasteiger partial charge in [-0.2, -0.15) is 4.31 Å². The van der Waals surface area contributed by atoms with Gasteiger partial charge in [0.2, 0.25) is 15.9 Å². The summed E-state index contributed by atoms with van der Waals surface area (Å²) in [5.41, 5.74) is 0.229. The molecule has 2 aromatic rings. The van der Waals surface area contributed by atoms with E-state index < -0.39 is 21.7 Å². The minimum Gasteiger partial charge on any atom is -0.334 e. The molecule has 0 N–H and O–H groups in total. The normalized spacial score (nSPS) is 14.3. The highest BCUT2D eigenvalue weighted by molar-refractivity contribution is 7.89. The average molecular weight is 445 g/mol. The lowest BCUT2D eigenvalue weighted by atomic mass is 10.2. The summed E-state index contributed by atoms with van der Waals surface area (Å²) in [4.78, 5) is 14.4. The van der Waals surface area contributed by atoms with Gasteiger partial charge in [0.25, 0.3) is 0 Å². The third kappa shape index (κ3) is 4.66. The number of amides is 1. The number of likely N-dealkylation sites (N-methyl/N-ethyl adjacent to an activating group) is 1. The van der Waals surface area contributed by atoms with E-state index in [-0.39, 0.29) is 34.6 Å². The van der Waals surface area contributed by atoms with E-state index in [4.69, 9.17) is 23.2 Å². The molecule has 1 aliphatic rings. The van der Waals surface area contributed by atoms with Crippen LogP contribution in [0, 0.1) is 5.82 Å². The molecule has 0 bridgehead atoms. The van der Waals surface area contributed by atoms with Crippen molar-refractivity contribution in [2.24, 2.45) is 0 Å². The molecule has 1 fully saturated rings. The monoisotopic (exact) mass is 444 g/mol. The van der Waals surface area contributed by atoms with Gasteiger partial charge in [0, 0.05) is 28.7 Å². The van der Waals surface area contributed by atoms with Crippen molar-refractivity contribution < 1.29 is 17.6 Å². The fraction of sp³-hybridized carbons (Fsp3) is 0.316. The fourth-order valence-electron chi connectivity index (χ4n) is 2.81. The number of hydrogen-bond donors (Lipinski definition) is 0. The number of nitrogens with zero attached hydrogens (tertiary/aromatic N) is 2. The van der Waals surface area contributed by atoms with Crippen molar-refractivity contribution in [2.75, 3.05) is 13.6 Å². The first-order valence-electron chi connectivity index (χ1n) is 8.64. The number of carbonyl (C=O) groups excluding carboxylic acids is 1. The number of halogens is 3. The molecule has 0 spiro atoms. The van der Waals surface area contributed by atoms with Gasteiger partial charge < -0.3 is 4.90 Å². The quantitative estimate of drug-likeness (QED) is 0.649. The first-order chi connectivity index (χ1) is 13.2. The van der Waals surface area contributed by atoms with E-state index in [0.29, 0.717) is 5.02 Å². The van der Waals surface area contributed by atoms with E-state index in [9.17, 15) is 17.6 Å². The highest BCUT2D eigenvalue weighted by atomic mass is 35.5. The molecule has 0 aliphatic heterocycles. The van der Waals surface area contributed by atoms with Crippen LogP contribution in [0.15, 0.2) is 47.4 Å². The van der Waals surface area contributed by atoms with Crippen molar-refractivity contribution in [3.05, 3.63) is 63.9 Å². The van der Waals surface area contributed by atoms with Gasteiger partial charge in [-0.15, -0.1) is 0 Å². The first-order valence-corrected chi connectivity index (χ1v) is 10.8. The Morgan fingerprint density at radius 2 is 1.79 bits per heavy atom. The molecule has 150 valence electrons. The van der Waals surface area contributed by atoms with Gasteiger partial charge in [0.15, 0.2) is 0 Å². The summed E-state index contributed by atoms with van der Waals surface area (Å²) < 4.78 is 40.5. The highest BCUT2D eigenvalue weighted by Gasteiger charge is 2.35. The van der Waals surface area contributed by atoms with Crippen molar-refractivity contribution in [3.63, 3.8) is 0 Å². The molecule has 0 atom stereocenters. The first kappa shape index (κ1) is 21.0. The Labute approximate surface area is 173 Å². The second kappa shape index (κ2) is 8.37. The zero-order valence-corrected chi connectivity index (χ0v) is 17.4. The summed E-state index contributed by atoms with van der Waals surface area (Å²) >= 11 is 11.9. The second-order valence-corrected chi connectivity index (χ2v) is 9.56. The van der Waals surface area contributed by atoms with E-state index in [1.165, 1.54) is 48.3 Å². The predicted octanol–water partition coefficient (Wildman–Crippen LogP) is 3.94. The zero-order valence-electron chi connectivity index (χ0n) is 15.1. The van der Waals surface area contributed by atoms with Crippen molar-refractivity contribution in [2.45, 2.75) is 30.3 Å². The maximum absolute atomic E-state index is 14.1. The van der Waals surface area contributed by atoms with Crippen LogP contribution >= 0.6 is 23.2 Å². The minimum absolute atomic E-state index is 0.00381. The molecule has 0 saturated heterocycles. The van der Waals surface area contributed by atoms with Crippen LogP contribution in [0.25, 0.3) is 0 Å². The average Bonchev–Trinajstić information content (AvgIpc) is 3.46. The number of rotatable bonds is 7. The van der Waals surface area contributed by atoms with Crippen LogP contribution in [0.4, 0.5) is 4.39 Å². The Hall–Kier alpha value is -1.67. The zero-order chi connectivity index (χ0) is 20.5. The minimum atomic E-state index is -3.85. The molecule has 0 heterocycles. The maximum atomic E-state index is 14.1. The van der Waals surface area contributed by atoms with E-state index in [1.807, 2.05) is 0 Å². The lowest BCUT2D eigenvalue weighted by molar-refractivity contribution is -0.132. The van der Waals surface area contributed by atoms with Gasteiger partial charge in [-0.05, 0) is 49.2 Å². The van der Waals surface area contributed by atoms with Crippen LogP contribution in [0.2, 0.25) is 10.0 Å². The van der Waals surface area contributed by atoms with Gasteiger partial charge >= 0.3 is 0 Å². The molecule has 0 radical (unpaired) electrons. The number of hydrogen-bond acceptors (Lipinski definition) is 3. The molecule has 9 heteroatoms. The summed E-state index contributed by atoms with van der Waals surface area (Å²) in [5, 5.41) is 0.653. The lowest BCUT2D eigenvalue weighted by Gasteiger charge is -2.26. The predicted molar refractivity (Wildman–Crippen MR) is 106 cm³/mol. The molecule has 2 aromatic carbocycles. The van der Waals surface area contributed by atoms with Crippen LogP contribution in [0.5, 0.6) is 0 Å². The molecule has 28 heavy (non-hydrogen) atoms. The molecule has 5 nitrogen and oxygen atoms in total. The van der Waals surface area contributed by atoms with Gasteiger partial charge in [-0.1, -0.05) is 29.3 Å². The van der Waals surface area contributed by atoms with Gasteiger partial charge in [0.05, 0.1) is 18.0 Å². The van der Waals surface area contributed by atoms with Crippen LogP contribution in [-0.4, -0.2) is 43.2 Å². The van der Waals surface area contributed by atoms with Crippen molar-refractivity contribution >= 4 is 39.1 Å². The van der Waals surface area contributed by atoms with E-state index in [1.54, 1.807) is 6.07 Å². The van der Waals surface area contributed by atoms with E-state index in [0.717, 1.165) is 17.1 Å². The Morgan fingerprint density at radius 3 is 2.36 bits per heavy atom. The fourth-order valence-corrected chi connectivity index (χ4v) is 4.28. The number of benzene rings is 2. The highest BCUT2D eigenvalue weighted by Crippen LogP contribution is 2.31. The summed E-state index contributed by atoms with van der Waals surface area (Å²) in [6.07, 6.45) is 1.59. The van der Waals surface area contributed by atoms with Crippen molar-refractivity contribution in [3.8, 4) is 0 Å². The molecular formula is C19H19Cl2FN2O3S. The molecule has 1 aliphatic carbocycles. The third-order valence-corrected chi connectivity index (χ3v) is 7.00. The Morgan fingerprint density at radius 1 is 1.14 bits per heavy atom. The van der Waals surface area contributed by atoms with E-state index in [2.05, 4.69) is 0 Å². The summed E-state index contributed by atoms with van der Waals surface area (Å²) in [6, 6.07) is 10.0. The van der Waals surface area contributed by atoms with Gasteiger partial charge in [-0.3, -0.25) is 4.79 Å². The van der Waals surface area contributed by atoms with Crippen molar-refractivity contribution in [1.82, 2.24) is 9.21 Å². The van der Waals surface area contributed by atoms with Crippen molar-refractivity contribution in [1.29, 1.82) is 0 Å². The van der Waals surface area contributed by atoms with E-state index >= 15 is 0 Å².